The number of halogens is 4. The van der Waals surface area contributed by atoms with Crippen LogP contribution in [0.3, 0.4) is 0 Å². The second-order valence-corrected chi connectivity index (χ2v) is 8.66. The van der Waals surface area contributed by atoms with Gasteiger partial charge in [-0.05, 0) is 48.1 Å². The van der Waals surface area contributed by atoms with Gasteiger partial charge in [-0.3, -0.25) is 0 Å². The Balaban J connectivity index is 2.02. The van der Waals surface area contributed by atoms with Crippen LogP contribution in [0.2, 0.25) is 0 Å². The lowest BCUT2D eigenvalue weighted by Gasteiger charge is -2.38. The zero-order valence-electron chi connectivity index (χ0n) is 18.5. The molecule has 3 rings (SSSR count). The fourth-order valence-electron chi connectivity index (χ4n) is 4.22. The largest absolute Gasteiger partial charge is 0.481 e. The molecule has 1 aromatic carbocycles. The molecule has 0 radical (unpaired) electrons. The van der Waals surface area contributed by atoms with E-state index in [-0.39, 0.29) is 17.5 Å². The number of hydrogen-bond acceptors (Lipinski definition) is 4. The molecular weight excluding hydrogens is 428 g/mol. The third kappa shape index (κ3) is 4.53. The van der Waals surface area contributed by atoms with Crippen molar-refractivity contribution in [2.75, 3.05) is 14.2 Å². The minimum absolute atomic E-state index is 0.153. The average molecular weight is 454 g/mol. The molecule has 2 heterocycles. The Morgan fingerprint density at radius 2 is 1.75 bits per heavy atom. The Hall–Kier alpha value is -2.81. The topological polar surface area (TPSA) is 67.4 Å². The molecule has 5 nitrogen and oxygen atoms in total. The summed E-state index contributed by atoms with van der Waals surface area (Å²) >= 11 is 0. The monoisotopic (exact) mass is 454 g/mol. The van der Waals surface area contributed by atoms with Gasteiger partial charge in [-0.1, -0.05) is 19.9 Å². The van der Waals surface area contributed by atoms with E-state index >= 15 is 0 Å². The molecular formula is C23H26F4N2O3. The van der Waals surface area contributed by atoms with E-state index < -0.39 is 35.9 Å². The molecule has 1 unspecified atom stereocenters. The van der Waals surface area contributed by atoms with E-state index in [1.54, 1.807) is 26.8 Å². The SMILES string of the molecule is COc1cc2cc(CC(O)(CC(C)(C)c3cc(F)ccc3C)C(F)(F)F)[nH]c2c(OC)n1. The number of aryl methyl sites for hydroxylation is 1. The van der Waals surface area contributed by atoms with Crippen LogP contribution in [0.25, 0.3) is 10.9 Å². The lowest BCUT2D eigenvalue weighted by atomic mass is 9.72. The van der Waals surface area contributed by atoms with Gasteiger partial charge in [0.25, 0.3) is 0 Å². The van der Waals surface area contributed by atoms with Gasteiger partial charge >= 0.3 is 6.18 Å². The highest BCUT2D eigenvalue weighted by Gasteiger charge is 2.56. The summed E-state index contributed by atoms with van der Waals surface area (Å²) in [5, 5.41) is 11.4. The fraction of sp³-hybridized carbons (Fsp3) is 0.435. The summed E-state index contributed by atoms with van der Waals surface area (Å²) in [5.74, 6) is -0.135. The van der Waals surface area contributed by atoms with Crippen molar-refractivity contribution in [3.8, 4) is 11.8 Å². The summed E-state index contributed by atoms with van der Waals surface area (Å²) < 4.78 is 66.5. The van der Waals surface area contributed by atoms with E-state index in [0.717, 1.165) is 0 Å². The van der Waals surface area contributed by atoms with E-state index in [2.05, 4.69) is 9.97 Å². The molecule has 0 fully saturated rings. The van der Waals surface area contributed by atoms with Crippen LogP contribution < -0.4 is 9.47 Å². The fourth-order valence-corrected chi connectivity index (χ4v) is 4.22. The zero-order valence-corrected chi connectivity index (χ0v) is 18.5. The van der Waals surface area contributed by atoms with Crippen molar-refractivity contribution in [1.29, 1.82) is 0 Å². The number of hydrogen-bond donors (Lipinski definition) is 2. The van der Waals surface area contributed by atoms with Crippen molar-refractivity contribution in [2.45, 2.75) is 50.8 Å². The molecule has 174 valence electrons. The van der Waals surface area contributed by atoms with E-state index in [4.69, 9.17) is 9.47 Å². The number of alkyl halides is 3. The number of methoxy groups -OCH3 is 2. The van der Waals surface area contributed by atoms with Crippen LogP contribution in [-0.2, 0) is 11.8 Å². The van der Waals surface area contributed by atoms with Gasteiger partial charge in [0.05, 0.1) is 14.2 Å². The summed E-state index contributed by atoms with van der Waals surface area (Å²) in [6.07, 6.45) is -6.32. The number of aliphatic hydroxyl groups is 1. The van der Waals surface area contributed by atoms with Gasteiger partial charge in [0.1, 0.15) is 11.3 Å². The highest BCUT2D eigenvalue weighted by Crippen LogP contribution is 2.44. The predicted molar refractivity (Wildman–Crippen MR) is 113 cm³/mol. The van der Waals surface area contributed by atoms with Crippen LogP contribution >= 0.6 is 0 Å². The molecule has 0 saturated carbocycles. The minimum atomic E-state index is -4.93. The number of pyridine rings is 1. The summed E-state index contributed by atoms with van der Waals surface area (Å²) in [6, 6.07) is 7.05. The average Bonchev–Trinajstić information content (AvgIpc) is 3.09. The van der Waals surface area contributed by atoms with Crippen LogP contribution in [0.5, 0.6) is 11.8 Å². The van der Waals surface area contributed by atoms with Crippen molar-refractivity contribution in [3.63, 3.8) is 0 Å². The number of rotatable bonds is 7. The molecule has 0 spiro atoms. The van der Waals surface area contributed by atoms with Gasteiger partial charge in [-0.15, -0.1) is 0 Å². The minimum Gasteiger partial charge on any atom is -0.481 e. The Morgan fingerprint density at radius 1 is 1.06 bits per heavy atom. The first-order chi connectivity index (χ1) is 14.8. The van der Waals surface area contributed by atoms with E-state index in [1.165, 1.54) is 38.5 Å². The van der Waals surface area contributed by atoms with Gasteiger partial charge in [0.15, 0.2) is 5.60 Å². The Bertz CT molecular complexity index is 1120. The number of aromatic nitrogens is 2. The van der Waals surface area contributed by atoms with E-state index in [0.29, 0.717) is 22.0 Å². The first-order valence-corrected chi connectivity index (χ1v) is 9.96. The van der Waals surface area contributed by atoms with Crippen molar-refractivity contribution in [3.05, 3.63) is 53.0 Å². The number of ether oxygens (including phenoxy) is 2. The predicted octanol–water partition coefficient (Wildman–Crippen LogP) is 5.23. The normalized spacial score (nSPS) is 14.4. The zero-order chi connectivity index (χ0) is 23.9. The maximum atomic E-state index is 14.1. The number of nitrogens with zero attached hydrogens (tertiary/aromatic N) is 1. The maximum Gasteiger partial charge on any atom is 0.417 e. The van der Waals surface area contributed by atoms with Crippen molar-refractivity contribution in [1.82, 2.24) is 9.97 Å². The van der Waals surface area contributed by atoms with Crippen LogP contribution in [0.4, 0.5) is 17.6 Å². The molecule has 0 aliphatic carbocycles. The molecule has 0 saturated heterocycles. The standard InChI is InChI=1S/C23H26F4N2O3/c1-13-6-7-15(24)10-17(13)21(2,3)12-22(30,23(25,26)27)11-16-8-14-9-18(31-4)29-20(32-5)19(14)28-16/h6-10,28,30H,11-12H2,1-5H3. The van der Waals surface area contributed by atoms with E-state index in [9.17, 15) is 22.7 Å². The lowest BCUT2D eigenvalue weighted by molar-refractivity contribution is -0.266. The van der Waals surface area contributed by atoms with Crippen LogP contribution in [0, 0.1) is 12.7 Å². The summed E-state index contributed by atoms with van der Waals surface area (Å²) in [6.45, 7) is 4.83. The lowest BCUT2D eigenvalue weighted by Crippen LogP contribution is -2.51. The van der Waals surface area contributed by atoms with Crippen LogP contribution in [0.1, 0.15) is 37.1 Å². The molecule has 2 aromatic heterocycles. The smallest absolute Gasteiger partial charge is 0.417 e. The second-order valence-electron chi connectivity index (χ2n) is 8.66. The number of benzene rings is 1. The quantitative estimate of drug-likeness (QED) is 0.480. The summed E-state index contributed by atoms with van der Waals surface area (Å²) in [5.41, 5.74) is -2.62. The summed E-state index contributed by atoms with van der Waals surface area (Å²) in [4.78, 5) is 6.99. The first kappa shape index (κ1) is 23.8. The number of nitrogens with one attached hydrogen (secondary N) is 1. The molecule has 3 aromatic rings. The van der Waals surface area contributed by atoms with E-state index in [1.807, 2.05) is 0 Å². The Morgan fingerprint density at radius 3 is 2.34 bits per heavy atom. The van der Waals surface area contributed by atoms with Crippen molar-refractivity contribution in [2.24, 2.45) is 0 Å². The summed E-state index contributed by atoms with van der Waals surface area (Å²) in [7, 11) is 2.80. The third-order valence-corrected chi connectivity index (χ3v) is 5.68. The molecule has 1 atom stereocenters. The Labute approximate surface area is 183 Å². The number of fused-ring (bicyclic) bond motifs is 1. The molecule has 0 aliphatic rings. The van der Waals surface area contributed by atoms with Crippen LogP contribution in [0.15, 0.2) is 30.3 Å². The highest BCUT2D eigenvalue weighted by atomic mass is 19.4. The molecule has 0 bridgehead atoms. The van der Waals surface area contributed by atoms with Gasteiger partial charge in [0, 0.05) is 23.6 Å². The Kier molecular flexibility index (Phi) is 6.16. The number of aromatic amines is 1. The number of H-pyrrole nitrogens is 1. The van der Waals surface area contributed by atoms with Crippen molar-refractivity contribution >= 4 is 10.9 Å². The molecule has 0 amide bonds. The van der Waals surface area contributed by atoms with Gasteiger partial charge in [-0.2, -0.15) is 18.2 Å². The van der Waals surface area contributed by atoms with Crippen LogP contribution in [-0.4, -0.2) is 41.1 Å². The molecule has 32 heavy (non-hydrogen) atoms. The van der Waals surface area contributed by atoms with Gasteiger partial charge in [0.2, 0.25) is 11.8 Å². The first-order valence-electron chi connectivity index (χ1n) is 9.96. The molecule has 2 N–H and O–H groups in total. The molecule has 0 aliphatic heterocycles. The van der Waals surface area contributed by atoms with Gasteiger partial charge in [-0.25, -0.2) is 4.39 Å². The third-order valence-electron chi connectivity index (χ3n) is 5.68. The van der Waals surface area contributed by atoms with Crippen molar-refractivity contribution < 1.29 is 32.1 Å². The maximum absolute atomic E-state index is 14.1. The highest BCUT2D eigenvalue weighted by molar-refractivity contribution is 5.85. The second kappa shape index (κ2) is 8.27. The molecule has 9 heteroatoms. The van der Waals surface area contributed by atoms with Gasteiger partial charge < -0.3 is 19.6 Å².